The number of benzene rings is 1. The molecular weight excluding hydrogens is 264 g/mol. The van der Waals surface area contributed by atoms with Gasteiger partial charge in [-0.15, -0.1) is 6.42 Å². The van der Waals surface area contributed by atoms with E-state index in [4.69, 9.17) is 6.42 Å². The Kier molecular flexibility index (Phi) is 3.13. The molecule has 0 unspecified atom stereocenters. The Hall–Kier alpha value is -3.13. The zero-order valence-electron chi connectivity index (χ0n) is 11.4. The number of aromatic nitrogens is 3. The van der Waals surface area contributed by atoms with Gasteiger partial charge in [0, 0.05) is 29.8 Å². The van der Waals surface area contributed by atoms with Crippen LogP contribution < -0.4 is 5.32 Å². The number of carbonyl (C=O) groups is 1. The van der Waals surface area contributed by atoms with Gasteiger partial charge in [-0.3, -0.25) is 4.79 Å². The average Bonchev–Trinajstić information content (AvgIpc) is 2.87. The third kappa shape index (κ3) is 2.47. The van der Waals surface area contributed by atoms with Gasteiger partial charge in [0.25, 0.3) is 5.91 Å². The molecule has 0 aliphatic heterocycles. The molecule has 0 saturated carbocycles. The topological polar surface area (TPSA) is 59.3 Å². The molecule has 0 spiro atoms. The maximum atomic E-state index is 12.3. The second kappa shape index (κ2) is 5.10. The molecule has 2 heterocycles. The monoisotopic (exact) mass is 276 g/mol. The first kappa shape index (κ1) is 12.9. The standard InChI is InChI=1S/C16H12N4O/c1-3-12-4-6-13(7-5-12)19-16(21)14-15-18-11(2)10-20(15)9-8-17-14/h1,4-10H,2H3,(H,19,21). The fourth-order valence-corrected chi connectivity index (χ4v) is 2.04. The van der Waals surface area contributed by atoms with E-state index in [9.17, 15) is 4.79 Å². The SMILES string of the molecule is C#Cc1ccc(NC(=O)c2nccn3cc(C)nc23)cc1. The number of hydrogen-bond acceptors (Lipinski definition) is 3. The molecule has 0 atom stereocenters. The van der Waals surface area contributed by atoms with Crippen LogP contribution in [0, 0.1) is 19.3 Å². The molecule has 0 aliphatic carbocycles. The Labute approximate surface area is 121 Å². The highest BCUT2D eigenvalue weighted by molar-refractivity contribution is 6.06. The lowest BCUT2D eigenvalue weighted by molar-refractivity contribution is 0.102. The average molecular weight is 276 g/mol. The quantitative estimate of drug-likeness (QED) is 0.730. The summed E-state index contributed by atoms with van der Waals surface area (Å²) in [7, 11) is 0. The van der Waals surface area contributed by atoms with Crippen molar-refractivity contribution in [2.24, 2.45) is 0 Å². The summed E-state index contributed by atoms with van der Waals surface area (Å²) in [6, 6.07) is 7.04. The van der Waals surface area contributed by atoms with Crippen molar-refractivity contribution in [2.75, 3.05) is 5.32 Å². The highest BCUT2D eigenvalue weighted by Crippen LogP contribution is 2.13. The second-order valence-corrected chi connectivity index (χ2v) is 4.56. The van der Waals surface area contributed by atoms with Gasteiger partial charge in [0.05, 0.1) is 5.69 Å². The minimum atomic E-state index is -0.306. The number of carbonyl (C=O) groups excluding carboxylic acids is 1. The van der Waals surface area contributed by atoms with E-state index in [2.05, 4.69) is 21.2 Å². The van der Waals surface area contributed by atoms with E-state index in [1.165, 1.54) is 0 Å². The number of nitrogens with one attached hydrogen (secondary N) is 1. The van der Waals surface area contributed by atoms with E-state index in [1.807, 2.05) is 13.1 Å². The van der Waals surface area contributed by atoms with Crippen molar-refractivity contribution in [1.82, 2.24) is 14.4 Å². The molecule has 1 amide bonds. The Bertz CT molecular complexity index is 856. The van der Waals surface area contributed by atoms with Crippen molar-refractivity contribution in [3.05, 3.63) is 59.8 Å². The summed E-state index contributed by atoms with van der Waals surface area (Å²) >= 11 is 0. The van der Waals surface area contributed by atoms with E-state index in [0.717, 1.165) is 11.3 Å². The molecule has 5 nitrogen and oxygen atoms in total. The number of amides is 1. The fourth-order valence-electron chi connectivity index (χ4n) is 2.04. The molecule has 1 aromatic carbocycles. The lowest BCUT2D eigenvalue weighted by Crippen LogP contribution is -2.15. The van der Waals surface area contributed by atoms with Crippen LogP contribution in [0.2, 0.25) is 0 Å². The summed E-state index contributed by atoms with van der Waals surface area (Å²) < 4.78 is 1.78. The van der Waals surface area contributed by atoms with Crippen LogP contribution >= 0.6 is 0 Å². The number of anilines is 1. The van der Waals surface area contributed by atoms with Crippen molar-refractivity contribution in [1.29, 1.82) is 0 Å². The summed E-state index contributed by atoms with van der Waals surface area (Å²) in [5.74, 6) is 2.22. The normalized spacial score (nSPS) is 10.3. The van der Waals surface area contributed by atoms with Gasteiger partial charge in [-0.25, -0.2) is 9.97 Å². The molecule has 0 radical (unpaired) electrons. The molecule has 0 saturated heterocycles. The van der Waals surface area contributed by atoms with E-state index < -0.39 is 0 Å². The first-order chi connectivity index (χ1) is 10.2. The number of nitrogens with zero attached hydrogens (tertiary/aromatic N) is 3. The zero-order valence-corrected chi connectivity index (χ0v) is 11.4. The van der Waals surface area contributed by atoms with Gasteiger partial charge in [0.2, 0.25) is 0 Å². The van der Waals surface area contributed by atoms with Gasteiger partial charge < -0.3 is 9.72 Å². The molecule has 102 valence electrons. The Morgan fingerprint density at radius 1 is 1.33 bits per heavy atom. The van der Waals surface area contributed by atoms with E-state index in [-0.39, 0.29) is 11.6 Å². The zero-order chi connectivity index (χ0) is 14.8. The first-order valence-corrected chi connectivity index (χ1v) is 6.36. The van der Waals surface area contributed by atoms with Gasteiger partial charge in [-0.1, -0.05) is 5.92 Å². The summed E-state index contributed by atoms with van der Waals surface area (Å²) in [5, 5.41) is 2.79. The molecular formula is C16H12N4O. The maximum Gasteiger partial charge on any atom is 0.278 e. The van der Waals surface area contributed by atoms with Gasteiger partial charge in [-0.2, -0.15) is 0 Å². The summed E-state index contributed by atoms with van der Waals surface area (Å²) in [6.07, 6.45) is 10.5. The van der Waals surface area contributed by atoms with Gasteiger partial charge >= 0.3 is 0 Å². The van der Waals surface area contributed by atoms with Crippen LogP contribution in [0.3, 0.4) is 0 Å². The van der Waals surface area contributed by atoms with Crippen molar-refractivity contribution in [3.63, 3.8) is 0 Å². The molecule has 21 heavy (non-hydrogen) atoms. The van der Waals surface area contributed by atoms with Crippen LogP contribution in [-0.2, 0) is 0 Å². The predicted octanol–water partition coefficient (Wildman–Crippen LogP) is 2.27. The molecule has 3 rings (SSSR count). The highest BCUT2D eigenvalue weighted by Gasteiger charge is 2.14. The summed E-state index contributed by atoms with van der Waals surface area (Å²) in [6.45, 7) is 1.87. The largest absolute Gasteiger partial charge is 0.321 e. The van der Waals surface area contributed by atoms with Crippen LogP contribution in [0.15, 0.2) is 42.9 Å². The summed E-state index contributed by atoms with van der Waals surface area (Å²) in [5.41, 5.74) is 3.07. The minimum Gasteiger partial charge on any atom is -0.321 e. The van der Waals surface area contributed by atoms with E-state index >= 15 is 0 Å². The molecule has 0 bridgehead atoms. The molecule has 3 aromatic rings. The number of rotatable bonds is 2. The molecule has 5 heteroatoms. The minimum absolute atomic E-state index is 0.284. The number of terminal acetylenes is 1. The lowest BCUT2D eigenvalue weighted by atomic mass is 10.2. The van der Waals surface area contributed by atoms with Crippen molar-refractivity contribution in [3.8, 4) is 12.3 Å². The van der Waals surface area contributed by atoms with Gasteiger partial charge in [0.1, 0.15) is 0 Å². The number of aryl methyl sites for hydroxylation is 1. The third-order valence-corrected chi connectivity index (χ3v) is 3.02. The number of fused-ring (bicyclic) bond motifs is 1. The van der Waals surface area contributed by atoms with E-state index in [1.54, 1.807) is 41.1 Å². The van der Waals surface area contributed by atoms with Crippen LogP contribution in [0.5, 0.6) is 0 Å². The Morgan fingerprint density at radius 3 is 2.81 bits per heavy atom. The van der Waals surface area contributed by atoms with Crippen LogP contribution in [0.1, 0.15) is 21.7 Å². The van der Waals surface area contributed by atoms with Gasteiger partial charge in [0.15, 0.2) is 11.3 Å². The van der Waals surface area contributed by atoms with E-state index in [0.29, 0.717) is 11.3 Å². The Morgan fingerprint density at radius 2 is 2.10 bits per heavy atom. The fraction of sp³-hybridized carbons (Fsp3) is 0.0625. The van der Waals surface area contributed by atoms with Crippen LogP contribution in [0.4, 0.5) is 5.69 Å². The predicted molar refractivity (Wildman–Crippen MR) is 80.1 cm³/mol. The molecule has 0 aliphatic rings. The molecule has 0 fully saturated rings. The van der Waals surface area contributed by atoms with Crippen molar-refractivity contribution in [2.45, 2.75) is 6.92 Å². The van der Waals surface area contributed by atoms with Crippen molar-refractivity contribution < 1.29 is 4.79 Å². The smallest absolute Gasteiger partial charge is 0.278 e. The third-order valence-electron chi connectivity index (χ3n) is 3.02. The molecule has 2 aromatic heterocycles. The van der Waals surface area contributed by atoms with Gasteiger partial charge in [-0.05, 0) is 31.2 Å². The van der Waals surface area contributed by atoms with Crippen LogP contribution in [0.25, 0.3) is 5.65 Å². The lowest BCUT2D eigenvalue weighted by Gasteiger charge is -2.05. The number of imidazole rings is 1. The second-order valence-electron chi connectivity index (χ2n) is 4.56. The molecule has 1 N–H and O–H groups in total. The highest BCUT2D eigenvalue weighted by atomic mass is 16.1. The Balaban J connectivity index is 1.91. The van der Waals surface area contributed by atoms with Crippen molar-refractivity contribution >= 4 is 17.2 Å². The number of hydrogen-bond donors (Lipinski definition) is 1. The van der Waals surface area contributed by atoms with Crippen LogP contribution in [-0.4, -0.2) is 20.3 Å². The first-order valence-electron chi connectivity index (χ1n) is 6.36. The maximum absolute atomic E-state index is 12.3. The summed E-state index contributed by atoms with van der Waals surface area (Å²) in [4.78, 5) is 20.8.